The van der Waals surface area contributed by atoms with E-state index in [1.165, 1.54) is 23.9 Å². The number of nitro groups is 2. The molecule has 0 saturated heterocycles. The molecule has 0 amide bonds. The molecule has 0 aromatic heterocycles. The summed E-state index contributed by atoms with van der Waals surface area (Å²) in [4.78, 5) is 22.9. The fraction of sp³-hybridized carbons (Fsp3) is 0.0769. The molecule has 0 bridgehead atoms. The zero-order chi connectivity index (χ0) is 23.2. The first-order chi connectivity index (χ1) is 16.1. The predicted molar refractivity (Wildman–Crippen MR) is 130 cm³/mol. The fourth-order valence-corrected chi connectivity index (χ4v) is 5.40. The van der Waals surface area contributed by atoms with Crippen molar-refractivity contribution in [3.05, 3.63) is 152 Å². The van der Waals surface area contributed by atoms with Gasteiger partial charge in [-0.1, -0.05) is 97.1 Å². The van der Waals surface area contributed by atoms with E-state index in [0.717, 1.165) is 11.1 Å². The van der Waals surface area contributed by atoms with Crippen molar-refractivity contribution in [3.63, 3.8) is 0 Å². The van der Waals surface area contributed by atoms with E-state index in [-0.39, 0.29) is 21.2 Å². The molecule has 0 aliphatic carbocycles. The Balaban J connectivity index is 1.90. The van der Waals surface area contributed by atoms with Gasteiger partial charge in [-0.3, -0.25) is 20.2 Å². The second kappa shape index (κ2) is 10.1. The smallest absolute Gasteiger partial charge is 0.258 e. The van der Waals surface area contributed by atoms with Crippen LogP contribution in [0.2, 0.25) is 0 Å². The van der Waals surface area contributed by atoms with Crippen molar-refractivity contribution in [1.82, 2.24) is 0 Å². The van der Waals surface area contributed by atoms with Crippen molar-refractivity contribution < 1.29 is 9.85 Å². The molecule has 0 aliphatic heterocycles. The lowest BCUT2D eigenvalue weighted by atomic mass is 10.0. The van der Waals surface area contributed by atoms with Crippen LogP contribution in [0.15, 0.2) is 109 Å². The van der Waals surface area contributed by atoms with Crippen LogP contribution in [0.5, 0.6) is 0 Å². The number of benzene rings is 4. The van der Waals surface area contributed by atoms with E-state index in [1.54, 1.807) is 36.4 Å². The number of nitrogens with zero attached hydrogens (tertiary/aromatic N) is 2. The second-order valence-corrected chi connectivity index (χ2v) is 8.56. The fourth-order valence-electron chi connectivity index (χ4n) is 3.81. The van der Waals surface area contributed by atoms with Gasteiger partial charge >= 0.3 is 0 Å². The Hall–Kier alpha value is -3.97. The number of nitro benzene ring substituents is 2. The summed E-state index contributed by atoms with van der Waals surface area (Å²) in [7, 11) is 0. The van der Waals surface area contributed by atoms with Gasteiger partial charge < -0.3 is 0 Å². The maximum absolute atomic E-state index is 11.8. The molecule has 2 unspecified atom stereocenters. The lowest BCUT2D eigenvalue weighted by molar-refractivity contribution is -0.385. The van der Waals surface area contributed by atoms with Gasteiger partial charge in [-0.15, -0.1) is 11.8 Å². The van der Waals surface area contributed by atoms with E-state index < -0.39 is 10.5 Å². The molecule has 4 rings (SSSR count). The highest BCUT2D eigenvalue weighted by Gasteiger charge is 2.31. The number of hydrogen-bond donors (Lipinski definition) is 0. The Morgan fingerprint density at radius 1 is 0.515 bits per heavy atom. The van der Waals surface area contributed by atoms with Crippen LogP contribution in [0.25, 0.3) is 0 Å². The van der Waals surface area contributed by atoms with Crippen LogP contribution >= 0.6 is 11.8 Å². The number of para-hydroxylation sites is 2. The molecule has 7 heteroatoms. The topological polar surface area (TPSA) is 86.3 Å². The Bertz CT molecular complexity index is 1170. The van der Waals surface area contributed by atoms with E-state index >= 15 is 0 Å². The van der Waals surface area contributed by atoms with Gasteiger partial charge in [0.2, 0.25) is 0 Å². The third-order valence-corrected chi connectivity index (χ3v) is 6.91. The van der Waals surface area contributed by atoms with Crippen molar-refractivity contribution in [3.8, 4) is 0 Å². The van der Waals surface area contributed by atoms with Crippen LogP contribution in [0.4, 0.5) is 11.4 Å². The number of rotatable bonds is 8. The van der Waals surface area contributed by atoms with Crippen LogP contribution in [0, 0.1) is 20.2 Å². The highest BCUT2D eigenvalue weighted by atomic mass is 32.2. The minimum absolute atomic E-state index is 0.0215. The lowest BCUT2D eigenvalue weighted by Crippen LogP contribution is -2.07. The highest BCUT2D eigenvalue weighted by molar-refractivity contribution is 8.00. The Morgan fingerprint density at radius 2 is 0.848 bits per heavy atom. The van der Waals surface area contributed by atoms with Crippen molar-refractivity contribution in [2.24, 2.45) is 0 Å². The molecule has 33 heavy (non-hydrogen) atoms. The monoisotopic (exact) mass is 456 g/mol. The molecule has 0 spiro atoms. The normalized spacial score (nSPS) is 12.6. The van der Waals surface area contributed by atoms with Crippen LogP contribution in [-0.4, -0.2) is 9.85 Å². The summed E-state index contributed by atoms with van der Waals surface area (Å²) in [5.41, 5.74) is 2.92. The molecule has 4 aromatic rings. The molecule has 0 aliphatic rings. The Morgan fingerprint density at radius 3 is 1.21 bits per heavy atom. The van der Waals surface area contributed by atoms with Crippen molar-refractivity contribution >= 4 is 23.1 Å². The summed E-state index contributed by atoms with van der Waals surface area (Å²) in [5.74, 6) is 0. The molecular weight excluding hydrogens is 436 g/mol. The van der Waals surface area contributed by atoms with Gasteiger partial charge in [0.15, 0.2) is 0 Å². The molecule has 2 atom stereocenters. The van der Waals surface area contributed by atoms with E-state index in [2.05, 4.69) is 0 Å². The van der Waals surface area contributed by atoms with Gasteiger partial charge in [0.05, 0.1) is 20.3 Å². The summed E-state index contributed by atoms with van der Waals surface area (Å²) >= 11 is 1.46. The molecule has 0 N–H and O–H groups in total. The maximum atomic E-state index is 11.8. The van der Waals surface area contributed by atoms with Gasteiger partial charge in [0.1, 0.15) is 0 Å². The summed E-state index contributed by atoms with van der Waals surface area (Å²) < 4.78 is 0. The summed E-state index contributed by atoms with van der Waals surface area (Å²) in [6.07, 6.45) is 0. The SMILES string of the molecule is O=[N+]([O-])c1ccccc1C(SC(c1ccccc1)c1ccccc1[N+](=O)[O-])c1ccccc1. The minimum Gasteiger partial charge on any atom is -0.258 e. The Kier molecular flexibility index (Phi) is 6.80. The second-order valence-electron chi connectivity index (χ2n) is 7.35. The number of thioether (sulfide) groups is 1. The van der Waals surface area contributed by atoms with Gasteiger partial charge in [-0.05, 0) is 11.1 Å². The van der Waals surface area contributed by atoms with E-state index in [4.69, 9.17) is 0 Å². The van der Waals surface area contributed by atoms with Gasteiger partial charge in [0, 0.05) is 23.3 Å². The third-order valence-electron chi connectivity index (χ3n) is 5.31. The average molecular weight is 457 g/mol. The summed E-state index contributed by atoms with van der Waals surface area (Å²) in [6.45, 7) is 0. The van der Waals surface area contributed by atoms with Crippen LogP contribution < -0.4 is 0 Å². The van der Waals surface area contributed by atoms with Gasteiger partial charge in [-0.25, -0.2) is 0 Å². The van der Waals surface area contributed by atoms with Gasteiger partial charge in [0.25, 0.3) is 11.4 Å². The first kappa shape index (κ1) is 22.2. The first-order valence-electron chi connectivity index (χ1n) is 10.3. The molecule has 4 aromatic carbocycles. The van der Waals surface area contributed by atoms with Crippen molar-refractivity contribution in [2.75, 3.05) is 0 Å². The van der Waals surface area contributed by atoms with Crippen LogP contribution in [0.1, 0.15) is 32.8 Å². The molecule has 0 saturated carbocycles. The molecule has 0 fully saturated rings. The maximum Gasteiger partial charge on any atom is 0.274 e. The van der Waals surface area contributed by atoms with Crippen molar-refractivity contribution in [2.45, 2.75) is 10.5 Å². The van der Waals surface area contributed by atoms with Crippen molar-refractivity contribution in [1.29, 1.82) is 0 Å². The zero-order valence-corrected chi connectivity index (χ0v) is 18.3. The third kappa shape index (κ3) is 4.94. The standard InChI is InChI=1S/C26H20N2O4S/c29-27(30)23-17-9-7-15-21(23)25(19-11-3-1-4-12-19)33-26(20-13-5-2-6-14-20)22-16-8-10-18-24(22)28(31)32/h1-18,25-26H. The zero-order valence-electron chi connectivity index (χ0n) is 17.5. The average Bonchev–Trinajstić information content (AvgIpc) is 2.86. The predicted octanol–water partition coefficient (Wildman–Crippen LogP) is 7.12. The Labute approximate surface area is 195 Å². The quantitative estimate of drug-likeness (QED) is 0.208. The molecule has 0 heterocycles. The highest BCUT2D eigenvalue weighted by Crippen LogP contribution is 2.50. The van der Waals surface area contributed by atoms with E-state index in [1.807, 2.05) is 60.7 Å². The largest absolute Gasteiger partial charge is 0.274 e. The van der Waals surface area contributed by atoms with E-state index in [9.17, 15) is 20.2 Å². The van der Waals surface area contributed by atoms with Gasteiger partial charge in [-0.2, -0.15) is 0 Å². The number of hydrogen-bond acceptors (Lipinski definition) is 5. The van der Waals surface area contributed by atoms with E-state index in [0.29, 0.717) is 11.1 Å². The summed E-state index contributed by atoms with van der Waals surface area (Å²) in [6, 6.07) is 32.4. The molecule has 6 nitrogen and oxygen atoms in total. The van der Waals surface area contributed by atoms with Crippen LogP contribution in [0.3, 0.4) is 0 Å². The minimum atomic E-state index is -0.419. The lowest BCUT2D eigenvalue weighted by Gasteiger charge is -2.25. The molecule has 0 radical (unpaired) electrons. The molecular formula is C26H20N2O4S. The molecule has 164 valence electrons. The first-order valence-corrected chi connectivity index (χ1v) is 11.2. The summed E-state index contributed by atoms with van der Waals surface area (Å²) in [5, 5.41) is 22.8. The van der Waals surface area contributed by atoms with Crippen LogP contribution in [-0.2, 0) is 0 Å².